The lowest BCUT2D eigenvalue weighted by Gasteiger charge is -2.59. The van der Waals surface area contributed by atoms with Crippen LogP contribution in [0.25, 0.3) is 0 Å². The third-order valence-corrected chi connectivity index (χ3v) is 10.4. The van der Waals surface area contributed by atoms with Gasteiger partial charge in [0.05, 0.1) is 31.5 Å². The van der Waals surface area contributed by atoms with Gasteiger partial charge in [-0.1, -0.05) is 36.2 Å². The minimum atomic E-state index is -1.37. The van der Waals surface area contributed by atoms with Crippen molar-refractivity contribution in [3.8, 4) is 11.5 Å². The molecule has 2 heterocycles. The first-order chi connectivity index (χ1) is 23.9. The predicted molar refractivity (Wildman–Crippen MR) is 185 cm³/mol. The molecule has 1 aromatic carbocycles. The number of hydrogen-bond donors (Lipinski definition) is 3. The van der Waals surface area contributed by atoms with Crippen LogP contribution in [0.4, 0.5) is 4.79 Å². The molecule has 11 nitrogen and oxygen atoms in total. The van der Waals surface area contributed by atoms with E-state index in [0.717, 1.165) is 56.1 Å². The number of likely N-dealkylation sites (N-methyl/N-ethyl adjacent to an activating group) is 1. The molecule has 0 aromatic heterocycles. The number of carbonyl (C=O) groups excluding carboxylic acids is 1. The van der Waals surface area contributed by atoms with Gasteiger partial charge in [-0.05, 0) is 80.6 Å². The van der Waals surface area contributed by atoms with Crippen molar-refractivity contribution in [2.75, 3.05) is 40.1 Å². The first-order valence-corrected chi connectivity index (χ1v) is 17.9. The van der Waals surface area contributed by atoms with E-state index in [1.54, 1.807) is 42.3 Å². The van der Waals surface area contributed by atoms with Gasteiger partial charge >= 0.3 is 6.09 Å². The molecule has 3 N–H and O–H groups in total. The van der Waals surface area contributed by atoms with Crippen LogP contribution in [-0.4, -0.2) is 90.2 Å². The Morgan fingerprint density at radius 1 is 1.12 bits per heavy atom. The van der Waals surface area contributed by atoms with E-state index in [-0.39, 0.29) is 56.4 Å². The molecule has 0 radical (unpaired) electrons. The lowest BCUT2D eigenvalue weighted by atomic mass is 9.55. The van der Waals surface area contributed by atoms with E-state index >= 15 is 0 Å². The van der Waals surface area contributed by atoms with Crippen LogP contribution in [0.3, 0.4) is 0 Å². The highest BCUT2D eigenvalue weighted by atomic mass is 16.8. The summed E-state index contributed by atoms with van der Waals surface area (Å²) in [5, 5.41) is 35.0. The minimum absolute atomic E-state index is 0.0718. The number of fused-ring (bicyclic) bond motifs is 2. The van der Waals surface area contributed by atoms with Gasteiger partial charge in [0.2, 0.25) is 12.1 Å². The van der Waals surface area contributed by atoms with E-state index in [1.807, 2.05) is 0 Å². The van der Waals surface area contributed by atoms with Crippen molar-refractivity contribution in [1.29, 1.82) is 0 Å². The summed E-state index contributed by atoms with van der Waals surface area (Å²) in [5.41, 5.74) is 2.48. The molecule has 0 bridgehead atoms. The number of phenols is 1. The predicted octanol–water partition coefficient (Wildman–Crippen LogP) is 6.20. The van der Waals surface area contributed by atoms with Crippen LogP contribution in [0, 0.1) is 17.8 Å². The summed E-state index contributed by atoms with van der Waals surface area (Å²) in [5.74, 6) is -1.15. The molecule has 1 amide bonds. The molecule has 7 atom stereocenters. The molecule has 1 unspecified atom stereocenters. The van der Waals surface area contributed by atoms with Gasteiger partial charge in [0.1, 0.15) is 17.5 Å². The molecule has 2 aliphatic heterocycles. The Morgan fingerprint density at radius 2 is 1.92 bits per heavy atom. The molecule has 5 rings (SSSR count). The van der Waals surface area contributed by atoms with Crippen molar-refractivity contribution in [2.45, 2.75) is 94.7 Å². The number of amides is 1. The van der Waals surface area contributed by atoms with E-state index in [2.05, 4.69) is 19.2 Å². The number of allylic oxidation sites excluding steroid dienone is 1. The number of rotatable bonds is 17. The quantitative estimate of drug-likeness (QED) is 0.0996. The second-order valence-corrected chi connectivity index (χ2v) is 13.5. The summed E-state index contributed by atoms with van der Waals surface area (Å²) < 4.78 is 25.3. The molecule has 1 saturated carbocycles. The van der Waals surface area contributed by atoms with Crippen molar-refractivity contribution >= 4 is 11.8 Å². The van der Waals surface area contributed by atoms with Crippen molar-refractivity contribution in [3.63, 3.8) is 0 Å². The van der Waals surface area contributed by atoms with Gasteiger partial charge in [-0.3, -0.25) is 0 Å². The lowest BCUT2D eigenvalue weighted by Crippen LogP contribution is -2.69. The van der Waals surface area contributed by atoms with Crippen molar-refractivity contribution in [2.24, 2.45) is 22.9 Å². The number of phenolic OH excluding ortho intramolecular Hbond substituents is 1. The maximum atomic E-state index is 13.6. The van der Waals surface area contributed by atoms with Crippen LogP contribution < -0.4 is 4.74 Å². The number of oxime groups is 1. The van der Waals surface area contributed by atoms with Crippen molar-refractivity contribution in [3.05, 3.63) is 60.7 Å². The third-order valence-electron chi connectivity index (χ3n) is 10.4. The van der Waals surface area contributed by atoms with E-state index in [4.69, 9.17) is 28.9 Å². The number of unbranched alkanes of at least 4 members (excludes halogenated alkanes) is 2. The highest BCUT2D eigenvalue weighted by molar-refractivity contribution is 6.02. The molecule has 1 saturated heterocycles. The zero-order valence-corrected chi connectivity index (χ0v) is 28.8. The first-order valence-electron chi connectivity index (χ1n) is 17.9. The van der Waals surface area contributed by atoms with Crippen LogP contribution in [-0.2, 0) is 19.0 Å². The monoisotopic (exact) mass is 682 g/mol. The molecule has 270 valence electrons. The normalized spacial score (nSPS) is 29.5. The zero-order chi connectivity index (χ0) is 34.8. The molecule has 11 heteroatoms. The SMILES string of the molecule is C=CCCOC(=O)N(C)[C@H]1CC(=NOC2CCCCO2)C2=C[C@H](CCCCO)[C@@H](CCCCO)[C@@H]3c4cc(O)ccc4O[C@@]1(OCC=C)[C@H]23. The van der Waals surface area contributed by atoms with E-state index < -0.39 is 30.1 Å². The van der Waals surface area contributed by atoms with Crippen molar-refractivity contribution < 1.29 is 43.9 Å². The Morgan fingerprint density at radius 3 is 2.63 bits per heavy atom. The maximum absolute atomic E-state index is 13.6. The molecule has 49 heavy (non-hydrogen) atoms. The number of aromatic hydroxyl groups is 1. The Hall–Kier alpha value is -3.38. The minimum Gasteiger partial charge on any atom is -0.508 e. The Balaban J connectivity index is 1.70. The summed E-state index contributed by atoms with van der Waals surface area (Å²) in [4.78, 5) is 21.3. The Kier molecular flexibility index (Phi) is 13.2. The maximum Gasteiger partial charge on any atom is 0.409 e. The average Bonchev–Trinajstić information content (AvgIpc) is 3.11. The van der Waals surface area contributed by atoms with Crippen LogP contribution in [0.2, 0.25) is 0 Å². The van der Waals surface area contributed by atoms with Gasteiger partial charge in [0.25, 0.3) is 0 Å². The standard InChI is InChI=1S/C38H54N2O9/c1-4-6-21-46-37(44)40(3)33-25-31(39-49-34-15-9-12-22-45-34)29-23-26(13-7-10-18-41)28(14-8-11-19-42)35-30-24-27(43)16-17-32(30)48-38(33,36(29)35)47-20-5-2/h4-5,16-17,23-24,26,28,33-36,41-43H,1-2,6-15,18-22,25H2,3H3/t26-,28+,33-,34?,35+,36+,38+/m0/s1. The molecule has 4 aliphatic rings. The molecular formula is C38H54N2O9. The van der Waals surface area contributed by atoms with E-state index in [9.17, 15) is 20.1 Å². The van der Waals surface area contributed by atoms with Crippen LogP contribution in [0.5, 0.6) is 11.5 Å². The summed E-state index contributed by atoms with van der Waals surface area (Å²) >= 11 is 0. The first kappa shape index (κ1) is 36.9. The Labute approximate surface area is 290 Å². The lowest BCUT2D eigenvalue weighted by molar-refractivity contribution is -0.254. The van der Waals surface area contributed by atoms with Gasteiger partial charge in [0, 0.05) is 44.6 Å². The van der Waals surface area contributed by atoms with E-state index in [0.29, 0.717) is 37.3 Å². The number of hydrogen-bond acceptors (Lipinski definition) is 10. The number of carbonyl (C=O) groups is 1. The molecular weight excluding hydrogens is 628 g/mol. The number of aliphatic hydroxyl groups excluding tert-OH is 2. The zero-order valence-electron chi connectivity index (χ0n) is 28.8. The van der Waals surface area contributed by atoms with Crippen LogP contribution in [0.15, 0.2) is 60.3 Å². The topological polar surface area (TPSA) is 140 Å². The smallest absolute Gasteiger partial charge is 0.409 e. The van der Waals surface area contributed by atoms with Gasteiger partial charge in [-0.2, -0.15) is 0 Å². The number of benzene rings is 1. The molecule has 2 aliphatic carbocycles. The average molecular weight is 683 g/mol. The van der Waals surface area contributed by atoms with Gasteiger partial charge in [0.15, 0.2) is 0 Å². The highest BCUT2D eigenvalue weighted by Gasteiger charge is 2.65. The summed E-state index contributed by atoms with van der Waals surface area (Å²) in [6, 6.07) is 4.48. The number of nitrogens with zero attached hydrogens (tertiary/aromatic N) is 2. The van der Waals surface area contributed by atoms with Gasteiger partial charge in [-0.15, -0.1) is 13.2 Å². The fourth-order valence-electron chi connectivity index (χ4n) is 8.11. The van der Waals surface area contributed by atoms with Crippen LogP contribution >= 0.6 is 0 Å². The van der Waals surface area contributed by atoms with E-state index in [1.165, 1.54) is 0 Å². The van der Waals surface area contributed by atoms with Gasteiger partial charge < -0.3 is 44.0 Å². The summed E-state index contributed by atoms with van der Waals surface area (Å²) in [7, 11) is 1.70. The fraction of sp³-hybridized carbons (Fsp3) is 0.632. The molecule has 0 spiro atoms. The third kappa shape index (κ3) is 8.17. The largest absolute Gasteiger partial charge is 0.508 e. The number of ether oxygens (including phenoxy) is 4. The fourth-order valence-corrected chi connectivity index (χ4v) is 8.11. The molecule has 2 fully saturated rings. The van der Waals surface area contributed by atoms with Gasteiger partial charge in [-0.25, -0.2) is 4.79 Å². The second kappa shape index (κ2) is 17.5. The van der Waals surface area contributed by atoms with Crippen molar-refractivity contribution in [1.82, 2.24) is 4.90 Å². The second-order valence-electron chi connectivity index (χ2n) is 13.5. The Bertz CT molecular complexity index is 1340. The highest BCUT2D eigenvalue weighted by Crippen LogP contribution is 2.61. The summed E-state index contributed by atoms with van der Waals surface area (Å²) in [6.07, 6.45) is 12.8. The number of aliphatic hydroxyl groups is 2. The summed E-state index contributed by atoms with van der Waals surface area (Å²) in [6.45, 7) is 8.85. The molecule has 1 aromatic rings. The van der Waals surface area contributed by atoms with Crippen LogP contribution in [0.1, 0.15) is 82.1 Å².